The van der Waals surface area contributed by atoms with Crippen molar-refractivity contribution in [2.75, 3.05) is 0 Å². The minimum Gasteiger partial charge on any atom is -0.319 e. The second-order valence-corrected chi connectivity index (χ2v) is 7.65. The fourth-order valence-electron chi connectivity index (χ4n) is 3.44. The highest BCUT2D eigenvalue weighted by molar-refractivity contribution is 7.07. The number of amides is 1. The number of fused-ring (bicyclic) bond motifs is 2. The zero-order valence-electron chi connectivity index (χ0n) is 15.8. The van der Waals surface area contributed by atoms with E-state index in [1.165, 1.54) is 21.9 Å². The van der Waals surface area contributed by atoms with E-state index in [0.29, 0.717) is 17.0 Å². The number of nitrogens with zero attached hydrogens (tertiary/aromatic N) is 4. The second kappa shape index (κ2) is 7.53. The zero-order valence-corrected chi connectivity index (χ0v) is 16.6. The molecule has 0 saturated heterocycles. The summed E-state index contributed by atoms with van der Waals surface area (Å²) in [4.78, 5) is 34.4. The van der Waals surface area contributed by atoms with Gasteiger partial charge in [-0.25, -0.2) is 4.98 Å². The van der Waals surface area contributed by atoms with Crippen molar-refractivity contribution in [3.63, 3.8) is 0 Å². The lowest BCUT2D eigenvalue weighted by molar-refractivity contribution is 0.0996. The molecule has 146 valence electrons. The van der Waals surface area contributed by atoms with Gasteiger partial charge in [-0.3, -0.25) is 14.0 Å². The molecule has 1 amide bonds. The minimum absolute atomic E-state index is 0.0520. The van der Waals surface area contributed by atoms with Crippen LogP contribution < -0.4 is 10.4 Å². The maximum Gasteiger partial charge on any atom is 0.286 e. The van der Waals surface area contributed by atoms with Gasteiger partial charge in [0.15, 0.2) is 4.80 Å². The summed E-state index contributed by atoms with van der Waals surface area (Å²) >= 11 is 1.35. The number of hydrogen-bond donors (Lipinski definition) is 0. The molecule has 0 radical (unpaired) electrons. The van der Waals surface area contributed by atoms with Crippen molar-refractivity contribution in [3.8, 4) is 0 Å². The van der Waals surface area contributed by atoms with Crippen LogP contribution in [0.15, 0.2) is 94.4 Å². The summed E-state index contributed by atoms with van der Waals surface area (Å²) in [6.45, 7) is 0.575. The Morgan fingerprint density at radius 1 is 1.00 bits per heavy atom. The molecule has 2 aromatic carbocycles. The molecule has 30 heavy (non-hydrogen) atoms. The Hall–Kier alpha value is -3.84. The van der Waals surface area contributed by atoms with E-state index in [0.717, 1.165) is 16.3 Å². The minimum atomic E-state index is -0.597. The van der Waals surface area contributed by atoms with Crippen LogP contribution in [0.3, 0.4) is 0 Å². The van der Waals surface area contributed by atoms with Crippen molar-refractivity contribution in [1.29, 1.82) is 0 Å². The zero-order chi connectivity index (χ0) is 20.5. The maximum absolute atomic E-state index is 12.8. The van der Waals surface area contributed by atoms with Gasteiger partial charge in [0.05, 0.1) is 6.54 Å². The van der Waals surface area contributed by atoms with E-state index in [-0.39, 0.29) is 5.56 Å². The van der Waals surface area contributed by atoms with Crippen molar-refractivity contribution in [2.45, 2.75) is 6.54 Å². The molecule has 0 aliphatic carbocycles. The summed E-state index contributed by atoms with van der Waals surface area (Å²) in [6, 6.07) is 19.6. The Labute approximate surface area is 175 Å². The summed E-state index contributed by atoms with van der Waals surface area (Å²) < 4.78 is 3.26. The highest BCUT2D eigenvalue weighted by atomic mass is 32.1. The molecule has 0 N–H and O–H groups in total. The Balaban J connectivity index is 1.54. The SMILES string of the molecule is O=C(N=c1sccn1Cc1cccc2ccccc12)c1cnc2ccccn2c1=O. The number of carbonyl (C=O) groups excluding carboxylic acids is 1. The first kappa shape index (κ1) is 18.2. The Morgan fingerprint density at radius 2 is 1.83 bits per heavy atom. The molecule has 0 aliphatic rings. The third-order valence-corrected chi connectivity index (χ3v) is 5.72. The number of hydrogen-bond acceptors (Lipinski definition) is 4. The van der Waals surface area contributed by atoms with Crippen LogP contribution in [0.4, 0.5) is 0 Å². The predicted octanol–water partition coefficient (Wildman–Crippen LogP) is 3.50. The topological polar surface area (TPSA) is 68.7 Å². The van der Waals surface area contributed by atoms with Crippen LogP contribution in [0.2, 0.25) is 0 Å². The van der Waals surface area contributed by atoms with Gasteiger partial charge in [-0.2, -0.15) is 4.99 Å². The summed E-state index contributed by atoms with van der Waals surface area (Å²) in [7, 11) is 0. The number of aromatic nitrogens is 3. The van der Waals surface area contributed by atoms with E-state index in [9.17, 15) is 9.59 Å². The fraction of sp³-hybridized carbons (Fsp3) is 0.0435. The molecule has 5 aromatic rings. The normalized spacial score (nSPS) is 11.9. The van der Waals surface area contributed by atoms with Crippen molar-refractivity contribution in [3.05, 3.63) is 111 Å². The molecule has 3 heterocycles. The van der Waals surface area contributed by atoms with E-state index in [1.54, 1.807) is 24.4 Å². The first-order chi connectivity index (χ1) is 14.7. The van der Waals surface area contributed by atoms with E-state index in [4.69, 9.17) is 0 Å². The predicted molar refractivity (Wildman–Crippen MR) is 117 cm³/mol. The van der Waals surface area contributed by atoms with Gasteiger partial charge in [0.1, 0.15) is 11.2 Å². The summed E-state index contributed by atoms with van der Waals surface area (Å²) in [5, 5.41) is 4.20. The molecule has 6 nitrogen and oxygen atoms in total. The van der Waals surface area contributed by atoms with Gasteiger partial charge in [0.2, 0.25) is 0 Å². The molecule has 0 aliphatic heterocycles. The average molecular weight is 412 g/mol. The summed E-state index contributed by atoms with van der Waals surface area (Å²) in [5.41, 5.74) is 1.14. The third-order valence-electron chi connectivity index (χ3n) is 4.92. The molecule has 0 fully saturated rings. The quantitative estimate of drug-likeness (QED) is 0.455. The number of thiazole rings is 1. The molecular weight excluding hydrogens is 396 g/mol. The maximum atomic E-state index is 12.8. The molecule has 5 rings (SSSR count). The Morgan fingerprint density at radius 3 is 2.77 bits per heavy atom. The van der Waals surface area contributed by atoms with Crippen molar-refractivity contribution in [1.82, 2.24) is 14.0 Å². The largest absolute Gasteiger partial charge is 0.319 e. The van der Waals surface area contributed by atoms with Gasteiger partial charge in [-0.1, -0.05) is 48.5 Å². The standard InChI is InChI=1S/C23H16N4O2S/c28-21(19-14-24-20-10-3-4-11-27(20)22(19)29)25-23-26(12-13-30-23)15-17-8-5-7-16-6-1-2-9-18(16)17/h1-14H,15H2. The van der Waals surface area contributed by atoms with Gasteiger partial charge in [0.25, 0.3) is 11.5 Å². The van der Waals surface area contributed by atoms with Gasteiger partial charge >= 0.3 is 0 Å². The van der Waals surface area contributed by atoms with Crippen molar-refractivity contribution < 1.29 is 4.79 Å². The molecule has 0 saturated carbocycles. The number of rotatable bonds is 3. The summed E-state index contributed by atoms with van der Waals surface area (Å²) in [5.74, 6) is -0.597. The Kier molecular flexibility index (Phi) is 4.57. The van der Waals surface area contributed by atoms with E-state index < -0.39 is 11.5 Å². The molecular formula is C23H16N4O2S. The van der Waals surface area contributed by atoms with Crippen molar-refractivity contribution >= 4 is 33.7 Å². The fourth-order valence-corrected chi connectivity index (χ4v) is 4.17. The van der Waals surface area contributed by atoms with Gasteiger partial charge < -0.3 is 4.57 Å². The highest BCUT2D eigenvalue weighted by Crippen LogP contribution is 2.19. The lowest BCUT2D eigenvalue weighted by atomic mass is 10.0. The first-order valence-corrected chi connectivity index (χ1v) is 10.2. The molecule has 0 atom stereocenters. The Bertz CT molecular complexity index is 1520. The van der Waals surface area contributed by atoms with Crippen LogP contribution in [0.25, 0.3) is 16.4 Å². The van der Waals surface area contributed by atoms with Crippen LogP contribution in [0.5, 0.6) is 0 Å². The average Bonchev–Trinajstić information content (AvgIpc) is 3.21. The van der Waals surface area contributed by atoms with Crippen molar-refractivity contribution in [2.24, 2.45) is 4.99 Å². The monoisotopic (exact) mass is 412 g/mol. The number of carbonyl (C=O) groups is 1. The molecule has 7 heteroatoms. The molecule has 0 unspecified atom stereocenters. The van der Waals surface area contributed by atoms with Gasteiger partial charge in [0, 0.05) is 24.0 Å². The van der Waals surface area contributed by atoms with E-state index in [1.807, 2.05) is 34.3 Å². The van der Waals surface area contributed by atoms with Gasteiger partial charge in [-0.15, -0.1) is 11.3 Å². The van der Waals surface area contributed by atoms with E-state index >= 15 is 0 Å². The number of benzene rings is 2. The van der Waals surface area contributed by atoms with Crippen LogP contribution in [-0.2, 0) is 6.54 Å². The van der Waals surface area contributed by atoms with Crippen LogP contribution >= 0.6 is 11.3 Å². The lowest BCUT2D eigenvalue weighted by Crippen LogP contribution is -2.24. The highest BCUT2D eigenvalue weighted by Gasteiger charge is 2.13. The molecule has 0 bridgehead atoms. The van der Waals surface area contributed by atoms with Gasteiger partial charge in [-0.05, 0) is 28.5 Å². The van der Waals surface area contributed by atoms with E-state index in [2.05, 4.69) is 34.2 Å². The summed E-state index contributed by atoms with van der Waals surface area (Å²) in [6.07, 6.45) is 4.78. The smallest absolute Gasteiger partial charge is 0.286 e. The first-order valence-electron chi connectivity index (χ1n) is 9.37. The second-order valence-electron chi connectivity index (χ2n) is 6.77. The van der Waals surface area contributed by atoms with Crippen LogP contribution in [0.1, 0.15) is 15.9 Å². The van der Waals surface area contributed by atoms with Crippen LogP contribution in [-0.4, -0.2) is 19.9 Å². The van der Waals surface area contributed by atoms with Crippen LogP contribution in [0, 0.1) is 0 Å². The molecule has 3 aromatic heterocycles. The third kappa shape index (κ3) is 3.25. The number of pyridine rings is 1. The lowest BCUT2D eigenvalue weighted by Gasteiger charge is -2.07. The molecule has 0 spiro atoms.